The average molecular weight is 240 g/mol. The number of hydrogen-bond donors (Lipinski definition) is 1. The van der Waals surface area contributed by atoms with Gasteiger partial charge in [-0.2, -0.15) is 0 Å². The minimum atomic E-state index is 0.359. The maximum atomic E-state index is 5.39. The first-order valence-electron chi connectivity index (χ1n) is 7.17. The molecule has 0 bridgehead atoms. The summed E-state index contributed by atoms with van der Waals surface area (Å²) in [7, 11) is 1.82. The van der Waals surface area contributed by atoms with E-state index in [-0.39, 0.29) is 0 Å². The lowest BCUT2D eigenvalue weighted by atomic mass is 9.91. The molecule has 0 aromatic carbocycles. The van der Waals surface area contributed by atoms with Crippen molar-refractivity contribution in [3.8, 4) is 0 Å². The van der Waals surface area contributed by atoms with Gasteiger partial charge in [-0.1, -0.05) is 13.3 Å². The van der Waals surface area contributed by atoms with Gasteiger partial charge in [0.05, 0.1) is 6.61 Å². The summed E-state index contributed by atoms with van der Waals surface area (Å²) in [6.07, 6.45) is 5.34. The Bertz CT molecular complexity index is 236. The second kappa shape index (κ2) is 5.68. The summed E-state index contributed by atoms with van der Waals surface area (Å²) in [5, 5.41) is 3.74. The van der Waals surface area contributed by atoms with Crippen molar-refractivity contribution in [3.05, 3.63) is 0 Å². The van der Waals surface area contributed by atoms with Crippen molar-refractivity contribution in [1.82, 2.24) is 10.2 Å². The third-order valence-electron chi connectivity index (χ3n) is 4.44. The Morgan fingerprint density at radius 1 is 1.47 bits per heavy atom. The molecule has 3 heteroatoms. The molecular weight excluding hydrogens is 212 g/mol. The van der Waals surface area contributed by atoms with E-state index in [4.69, 9.17) is 4.74 Å². The standard InChI is InChI=1S/C14H28N2O/c1-4-5-13(10-17-3)16-9-8-15-14(2,11-16)12-6-7-12/h12-13,15H,4-11H2,1-3H3. The molecule has 1 saturated carbocycles. The molecule has 1 aliphatic heterocycles. The fourth-order valence-electron chi connectivity index (χ4n) is 3.24. The lowest BCUT2D eigenvalue weighted by Crippen LogP contribution is -2.62. The van der Waals surface area contributed by atoms with Gasteiger partial charge in [0, 0.05) is 38.3 Å². The van der Waals surface area contributed by atoms with Gasteiger partial charge < -0.3 is 10.1 Å². The molecule has 1 N–H and O–H groups in total. The van der Waals surface area contributed by atoms with Crippen LogP contribution in [0.15, 0.2) is 0 Å². The monoisotopic (exact) mass is 240 g/mol. The van der Waals surface area contributed by atoms with Gasteiger partial charge in [-0.3, -0.25) is 4.90 Å². The van der Waals surface area contributed by atoms with E-state index in [1.165, 1.54) is 38.8 Å². The lowest BCUT2D eigenvalue weighted by molar-refractivity contribution is 0.0388. The molecule has 2 fully saturated rings. The van der Waals surface area contributed by atoms with Crippen molar-refractivity contribution in [2.45, 2.75) is 51.1 Å². The first-order chi connectivity index (χ1) is 8.19. The van der Waals surface area contributed by atoms with E-state index in [0.29, 0.717) is 11.6 Å². The van der Waals surface area contributed by atoms with Crippen molar-refractivity contribution >= 4 is 0 Å². The summed E-state index contributed by atoms with van der Waals surface area (Å²) in [4.78, 5) is 2.65. The third kappa shape index (κ3) is 3.21. The largest absolute Gasteiger partial charge is 0.383 e. The van der Waals surface area contributed by atoms with Crippen LogP contribution in [0.25, 0.3) is 0 Å². The highest BCUT2D eigenvalue weighted by Gasteiger charge is 2.44. The average Bonchev–Trinajstić information content (AvgIpc) is 3.13. The minimum Gasteiger partial charge on any atom is -0.383 e. The summed E-state index contributed by atoms with van der Waals surface area (Å²) in [5.74, 6) is 0.912. The van der Waals surface area contributed by atoms with Gasteiger partial charge in [0.2, 0.25) is 0 Å². The highest BCUT2D eigenvalue weighted by atomic mass is 16.5. The van der Waals surface area contributed by atoms with Crippen LogP contribution in [0.4, 0.5) is 0 Å². The van der Waals surface area contributed by atoms with Crippen LogP contribution in [0.1, 0.15) is 39.5 Å². The first kappa shape index (κ1) is 13.3. The quantitative estimate of drug-likeness (QED) is 0.767. The Labute approximate surface area is 106 Å². The molecule has 1 aliphatic carbocycles. The molecule has 1 heterocycles. The number of hydrogen-bond acceptors (Lipinski definition) is 3. The molecule has 3 nitrogen and oxygen atoms in total. The fraction of sp³-hybridized carbons (Fsp3) is 1.00. The molecule has 2 aliphatic rings. The van der Waals surface area contributed by atoms with Crippen LogP contribution in [-0.4, -0.2) is 49.8 Å². The van der Waals surface area contributed by atoms with Crippen LogP contribution in [0, 0.1) is 5.92 Å². The number of rotatable bonds is 6. The van der Waals surface area contributed by atoms with Crippen molar-refractivity contribution in [2.24, 2.45) is 5.92 Å². The molecule has 17 heavy (non-hydrogen) atoms. The Morgan fingerprint density at radius 3 is 2.82 bits per heavy atom. The van der Waals surface area contributed by atoms with Gasteiger partial charge in [0.1, 0.15) is 0 Å². The number of methoxy groups -OCH3 is 1. The second-order valence-electron chi connectivity index (χ2n) is 5.99. The fourth-order valence-corrected chi connectivity index (χ4v) is 3.24. The SMILES string of the molecule is CCCC(COC)N1CCNC(C)(C2CC2)C1. The van der Waals surface area contributed by atoms with E-state index in [0.717, 1.165) is 19.1 Å². The molecule has 0 aromatic heterocycles. The zero-order chi connectivity index (χ0) is 12.3. The summed E-state index contributed by atoms with van der Waals surface area (Å²) in [6, 6.07) is 0.616. The lowest BCUT2D eigenvalue weighted by Gasteiger charge is -2.45. The first-order valence-corrected chi connectivity index (χ1v) is 7.17. The van der Waals surface area contributed by atoms with E-state index >= 15 is 0 Å². The van der Waals surface area contributed by atoms with Crippen LogP contribution >= 0.6 is 0 Å². The van der Waals surface area contributed by atoms with Crippen molar-refractivity contribution in [2.75, 3.05) is 33.4 Å². The molecule has 0 radical (unpaired) electrons. The zero-order valence-corrected chi connectivity index (χ0v) is 11.7. The maximum Gasteiger partial charge on any atom is 0.0618 e. The molecule has 2 rings (SSSR count). The van der Waals surface area contributed by atoms with Crippen LogP contribution in [0.3, 0.4) is 0 Å². The maximum absolute atomic E-state index is 5.39. The summed E-state index contributed by atoms with van der Waals surface area (Å²) < 4.78 is 5.39. The van der Waals surface area contributed by atoms with Crippen LogP contribution in [0.2, 0.25) is 0 Å². The number of nitrogens with zero attached hydrogens (tertiary/aromatic N) is 1. The normalized spacial score (nSPS) is 32.6. The molecule has 2 unspecified atom stereocenters. The Hall–Kier alpha value is -0.120. The van der Waals surface area contributed by atoms with Crippen LogP contribution < -0.4 is 5.32 Å². The van der Waals surface area contributed by atoms with Gasteiger partial charge in [0.15, 0.2) is 0 Å². The Balaban J connectivity index is 1.94. The summed E-state index contributed by atoms with van der Waals surface area (Å²) in [5.41, 5.74) is 0.359. The third-order valence-corrected chi connectivity index (χ3v) is 4.44. The van der Waals surface area contributed by atoms with Crippen molar-refractivity contribution in [1.29, 1.82) is 0 Å². The van der Waals surface area contributed by atoms with Gasteiger partial charge >= 0.3 is 0 Å². The molecular formula is C14H28N2O. The summed E-state index contributed by atoms with van der Waals surface area (Å²) >= 11 is 0. The molecule has 0 aromatic rings. The zero-order valence-electron chi connectivity index (χ0n) is 11.7. The second-order valence-corrected chi connectivity index (χ2v) is 5.99. The van der Waals surface area contributed by atoms with Crippen LogP contribution in [0.5, 0.6) is 0 Å². The van der Waals surface area contributed by atoms with Gasteiger partial charge in [-0.25, -0.2) is 0 Å². The van der Waals surface area contributed by atoms with Gasteiger partial charge in [-0.05, 0) is 32.1 Å². The molecule has 0 spiro atoms. The van der Waals surface area contributed by atoms with E-state index < -0.39 is 0 Å². The molecule has 0 amide bonds. The number of piperazine rings is 1. The van der Waals surface area contributed by atoms with E-state index in [9.17, 15) is 0 Å². The highest BCUT2D eigenvalue weighted by Crippen LogP contribution is 2.41. The van der Waals surface area contributed by atoms with Crippen molar-refractivity contribution in [3.63, 3.8) is 0 Å². The topological polar surface area (TPSA) is 24.5 Å². The van der Waals surface area contributed by atoms with Gasteiger partial charge in [-0.15, -0.1) is 0 Å². The van der Waals surface area contributed by atoms with E-state index in [1.54, 1.807) is 0 Å². The molecule has 100 valence electrons. The van der Waals surface area contributed by atoms with Crippen LogP contribution in [-0.2, 0) is 4.74 Å². The van der Waals surface area contributed by atoms with E-state index in [2.05, 4.69) is 24.1 Å². The van der Waals surface area contributed by atoms with E-state index in [1.807, 2.05) is 7.11 Å². The smallest absolute Gasteiger partial charge is 0.0618 e. The Morgan fingerprint density at radius 2 is 2.24 bits per heavy atom. The predicted molar refractivity (Wildman–Crippen MR) is 71.3 cm³/mol. The molecule has 1 saturated heterocycles. The summed E-state index contributed by atoms with van der Waals surface area (Å²) in [6.45, 7) is 9.07. The van der Waals surface area contributed by atoms with Gasteiger partial charge in [0.25, 0.3) is 0 Å². The molecule has 2 atom stereocenters. The Kier molecular flexibility index (Phi) is 4.45. The number of nitrogens with one attached hydrogen (secondary N) is 1. The number of ether oxygens (including phenoxy) is 1. The minimum absolute atomic E-state index is 0.359. The van der Waals surface area contributed by atoms with Crippen molar-refractivity contribution < 1.29 is 4.74 Å². The highest BCUT2D eigenvalue weighted by molar-refractivity contribution is 5.02. The predicted octanol–water partition coefficient (Wildman–Crippen LogP) is 1.88.